The highest BCUT2D eigenvalue weighted by Crippen LogP contribution is 2.27. The molecule has 34 heavy (non-hydrogen) atoms. The predicted octanol–water partition coefficient (Wildman–Crippen LogP) is 2.82. The highest BCUT2D eigenvalue weighted by molar-refractivity contribution is 7.99. The van der Waals surface area contributed by atoms with Gasteiger partial charge in [-0.1, -0.05) is 42.1 Å². The Hall–Kier alpha value is -4.18. The fourth-order valence-electron chi connectivity index (χ4n) is 3.13. The van der Waals surface area contributed by atoms with Crippen molar-refractivity contribution in [3.05, 3.63) is 84.7 Å². The number of carbonyl (C=O) groups is 2. The molecule has 0 spiro atoms. The molecule has 0 fully saturated rings. The highest BCUT2D eigenvalue weighted by atomic mass is 32.2. The predicted molar refractivity (Wildman–Crippen MR) is 128 cm³/mol. The quantitative estimate of drug-likeness (QED) is 0.298. The second-order valence-corrected chi connectivity index (χ2v) is 8.07. The second kappa shape index (κ2) is 11.1. The zero-order valence-electron chi connectivity index (χ0n) is 18.3. The molecule has 0 atom stereocenters. The number of amides is 2. The van der Waals surface area contributed by atoms with Crippen molar-refractivity contribution < 1.29 is 14.3 Å². The molecule has 9 nitrogen and oxygen atoms in total. The summed E-state index contributed by atoms with van der Waals surface area (Å²) in [6, 6.07) is 20.5. The SMILES string of the molecule is COc1ccc(CC(=O)NNC(=O)CSc2nnc(-c3cccnc3)n2-c2ccccc2)cc1. The van der Waals surface area contributed by atoms with Crippen LogP contribution in [0.3, 0.4) is 0 Å². The Balaban J connectivity index is 1.38. The van der Waals surface area contributed by atoms with Crippen LogP contribution in [-0.2, 0) is 16.0 Å². The third kappa shape index (κ3) is 5.78. The Morgan fingerprint density at radius 3 is 2.41 bits per heavy atom. The van der Waals surface area contributed by atoms with E-state index in [-0.39, 0.29) is 24.0 Å². The minimum atomic E-state index is -0.362. The zero-order chi connectivity index (χ0) is 23.8. The number of rotatable bonds is 8. The van der Waals surface area contributed by atoms with Gasteiger partial charge in [0.15, 0.2) is 11.0 Å². The maximum atomic E-state index is 12.4. The number of hydrogen-bond donors (Lipinski definition) is 2. The maximum absolute atomic E-state index is 12.4. The van der Waals surface area contributed by atoms with Crippen LogP contribution in [0.2, 0.25) is 0 Å². The number of carbonyl (C=O) groups excluding carboxylic acids is 2. The molecule has 0 bridgehead atoms. The van der Waals surface area contributed by atoms with Gasteiger partial charge in [-0.05, 0) is 42.0 Å². The number of para-hydroxylation sites is 1. The number of thioether (sulfide) groups is 1. The number of hydrazine groups is 1. The normalized spacial score (nSPS) is 10.5. The van der Waals surface area contributed by atoms with Crippen LogP contribution in [-0.4, -0.2) is 44.4 Å². The van der Waals surface area contributed by atoms with Crippen LogP contribution in [0.5, 0.6) is 5.75 Å². The molecule has 0 saturated heterocycles. The molecule has 172 valence electrons. The van der Waals surface area contributed by atoms with Crippen LogP contribution in [0.15, 0.2) is 84.3 Å². The van der Waals surface area contributed by atoms with Crippen molar-refractivity contribution in [1.29, 1.82) is 0 Å². The molecule has 0 unspecified atom stereocenters. The molecule has 2 amide bonds. The zero-order valence-corrected chi connectivity index (χ0v) is 19.2. The molecule has 0 radical (unpaired) electrons. The van der Waals surface area contributed by atoms with Gasteiger partial charge in [-0.25, -0.2) is 0 Å². The van der Waals surface area contributed by atoms with Gasteiger partial charge in [-0.2, -0.15) is 0 Å². The van der Waals surface area contributed by atoms with Gasteiger partial charge in [0.25, 0.3) is 0 Å². The lowest BCUT2D eigenvalue weighted by atomic mass is 10.1. The van der Waals surface area contributed by atoms with Gasteiger partial charge in [0.1, 0.15) is 5.75 Å². The van der Waals surface area contributed by atoms with E-state index in [0.717, 1.165) is 16.8 Å². The van der Waals surface area contributed by atoms with Crippen LogP contribution in [0.25, 0.3) is 17.1 Å². The summed E-state index contributed by atoms with van der Waals surface area (Å²) < 4.78 is 6.98. The molecule has 0 aliphatic rings. The molecule has 2 heterocycles. The van der Waals surface area contributed by atoms with Crippen molar-refractivity contribution in [3.8, 4) is 22.8 Å². The summed E-state index contributed by atoms with van der Waals surface area (Å²) in [7, 11) is 1.58. The summed E-state index contributed by atoms with van der Waals surface area (Å²) in [4.78, 5) is 28.7. The Kier molecular flexibility index (Phi) is 7.51. The molecule has 10 heteroatoms. The number of nitrogens with zero attached hydrogens (tertiary/aromatic N) is 4. The third-order valence-corrected chi connectivity index (χ3v) is 5.69. The van der Waals surface area contributed by atoms with E-state index in [0.29, 0.717) is 16.7 Å². The first kappa shape index (κ1) is 23.0. The summed E-state index contributed by atoms with van der Waals surface area (Å²) in [5.41, 5.74) is 7.36. The topological polar surface area (TPSA) is 111 Å². The van der Waals surface area contributed by atoms with E-state index in [9.17, 15) is 9.59 Å². The Labute approximate surface area is 200 Å². The number of ether oxygens (including phenoxy) is 1. The van der Waals surface area contributed by atoms with Crippen LogP contribution < -0.4 is 15.6 Å². The number of benzene rings is 2. The molecule has 2 aromatic heterocycles. The van der Waals surface area contributed by atoms with Crippen molar-refractivity contribution in [2.45, 2.75) is 11.6 Å². The molecule has 0 aliphatic carbocycles. The van der Waals surface area contributed by atoms with Gasteiger partial charge >= 0.3 is 0 Å². The smallest absolute Gasteiger partial charge is 0.248 e. The van der Waals surface area contributed by atoms with Gasteiger partial charge in [0.05, 0.1) is 19.3 Å². The fraction of sp³-hybridized carbons (Fsp3) is 0.125. The first-order valence-corrected chi connectivity index (χ1v) is 11.4. The monoisotopic (exact) mass is 474 g/mol. The molecule has 0 aliphatic heterocycles. The lowest BCUT2D eigenvalue weighted by Crippen LogP contribution is -2.43. The summed E-state index contributed by atoms with van der Waals surface area (Å²) in [6.07, 6.45) is 3.53. The van der Waals surface area contributed by atoms with Gasteiger partial charge in [0, 0.05) is 23.6 Å². The van der Waals surface area contributed by atoms with Crippen molar-refractivity contribution in [1.82, 2.24) is 30.6 Å². The Bertz CT molecular complexity index is 1250. The first-order chi connectivity index (χ1) is 16.6. The van der Waals surface area contributed by atoms with Crippen LogP contribution in [0, 0.1) is 0 Å². The standard InChI is InChI=1S/C24H22N6O3S/c1-33-20-11-9-17(10-12-20)14-21(31)26-27-22(32)16-34-24-29-28-23(18-6-5-13-25-15-18)30(24)19-7-3-2-4-8-19/h2-13,15H,14,16H2,1H3,(H,26,31)(H,27,32). The first-order valence-electron chi connectivity index (χ1n) is 10.4. The van der Waals surface area contributed by atoms with Gasteiger partial charge in [0.2, 0.25) is 11.8 Å². The number of methoxy groups -OCH3 is 1. The maximum Gasteiger partial charge on any atom is 0.248 e. The molecule has 2 aromatic carbocycles. The third-order valence-electron chi connectivity index (χ3n) is 4.76. The summed E-state index contributed by atoms with van der Waals surface area (Å²) in [5.74, 6) is 0.689. The van der Waals surface area contributed by atoms with E-state index < -0.39 is 0 Å². The molecular weight excluding hydrogens is 452 g/mol. The van der Waals surface area contributed by atoms with E-state index in [1.807, 2.05) is 47.0 Å². The average Bonchev–Trinajstić information content (AvgIpc) is 3.32. The molecule has 4 aromatic rings. The van der Waals surface area contributed by atoms with E-state index in [1.165, 1.54) is 11.8 Å². The van der Waals surface area contributed by atoms with Crippen molar-refractivity contribution in [2.24, 2.45) is 0 Å². The van der Waals surface area contributed by atoms with Gasteiger partial charge in [-0.3, -0.25) is 30.0 Å². The van der Waals surface area contributed by atoms with E-state index in [4.69, 9.17) is 4.74 Å². The number of aromatic nitrogens is 4. The second-order valence-electron chi connectivity index (χ2n) is 7.13. The van der Waals surface area contributed by atoms with Gasteiger partial charge < -0.3 is 4.74 Å². The van der Waals surface area contributed by atoms with Crippen molar-refractivity contribution in [3.63, 3.8) is 0 Å². The van der Waals surface area contributed by atoms with Crippen LogP contribution in [0.4, 0.5) is 0 Å². The molecule has 0 saturated carbocycles. The number of pyridine rings is 1. The lowest BCUT2D eigenvalue weighted by Gasteiger charge is -2.10. The van der Waals surface area contributed by atoms with E-state index in [2.05, 4.69) is 26.0 Å². The number of nitrogens with one attached hydrogen (secondary N) is 2. The van der Waals surface area contributed by atoms with E-state index >= 15 is 0 Å². The number of hydrogen-bond acceptors (Lipinski definition) is 7. The van der Waals surface area contributed by atoms with E-state index in [1.54, 1.807) is 43.8 Å². The minimum Gasteiger partial charge on any atom is -0.497 e. The van der Waals surface area contributed by atoms with Gasteiger partial charge in [-0.15, -0.1) is 10.2 Å². The van der Waals surface area contributed by atoms with Crippen molar-refractivity contribution in [2.75, 3.05) is 12.9 Å². The lowest BCUT2D eigenvalue weighted by molar-refractivity contribution is -0.127. The highest BCUT2D eigenvalue weighted by Gasteiger charge is 2.17. The molecular formula is C24H22N6O3S. The molecule has 2 N–H and O–H groups in total. The Morgan fingerprint density at radius 2 is 1.71 bits per heavy atom. The Morgan fingerprint density at radius 1 is 0.941 bits per heavy atom. The van der Waals surface area contributed by atoms with Crippen LogP contribution >= 0.6 is 11.8 Å². The summed E-state index contributed by atoms with van der Waals surface area (Å²) in [6.45, 7) is 0. The summed E-state index contributed by atoms with van der Waals surface area (Å²) in [5, 5.41) is 9.14. The largest absolute Gasteiger partial charge is 0.497 e. The minimum absolute atomic E-state index is 0.0425. The summed E-state index contributed by atoms with van der Waals surface area (Å²) >= 11 is 1.22. The van der Waals surface area contributed by atoms with Crippen LogP contribution in [0.1, 0.15) is 5.56 Å². The molecule has 4 rings (SSSR count). The average molecular weight is 475 g/mol. The van der Waals surface area contributed by atoms with Crippen molar-refractivity contribution >= 4 is 23.6 Å². The fourth-order valence-corrected chi connectivity index (χ4v) is 3.89.